The Bertz CT molecular complexity index is 311. The van der Waals surface area contributed by atoms with E-state index in [0.717, 1.165) is 51.9 Å². The van der Waals surface area contributed by atoms with Crippen LogP contribution in [0.15, 0.2) is 0 Å². The Kier molecular flexibility index (Phi) is 4.40. The molecule has 3 heteroatoms. The molecule has 3 fully saturated rings. The zero-order chi connectivity index (χ0) is 14.1. The summed E-state index contributed by atoms with van der Waals surface area (Å²) in [6.07, 6.45) is 10.5. The highest BCUT2D eigenvalue weighted by Gasteiger charge is 2.47. The van der Waals surface area contributed by atoms with Gasteiger partial charge in [-0.1, -0.05) is 26.2 Å². The van der Waals surface area contributed by atoms with Crippen molar-refractivity contribution in [2.75, 3.05) is 26.2 Å². The fourth-order valence-corrected chi connectivity index (χ4v) is 4.70. The van der Waals surface area contributed by atoms with Crippen molar-refractivity contribution in [3.05, 3.63) is 0 Å². The van der Waals surface area contributed by atoms with Gasteiger partial charge in [0.2, 0.25) is 0 Å². The van der Waals surface area contributed by atoms with Crippen LogP contribution in [0.5, 0.6) is 0 Å². The Morgan fingerprint density at radius 2 is 1.80 bits per heavy atom. The molecule has 0 radical (unpaired) electrons. The molecule has 3 aliphatic rings. The topological polar surface area (TPSA) is 32.7 Å². The van der Waals surface area contributed by atoms with Crippen LogP contribution in [0.4, 0.5) is 0 Å². The summed E-state index contributed by atoms with van der Waals surface area (Å²) in [6, 6.07) is 0. The van der Waals surface area contributed by atoms with Crippen LogP contribution in [0.2, 0.25) is 0 Å². The summed E-state index contributed by atoms with van der Waals surface area (Å²) in [6.45, 7) is 6.34. The van der Waals surface area contributed by atoms with Crippen LogP contribution in [0, 0.1) is 5.92 Å². The maximum absolute atomic E-state index is 11.1. The highest BCUT2D eigenvalue weighted by Crippen LogP contribution is 2.46. The van der Waals surface area contributed by atoms with Crippen molar-refractivity contribution in [3.63, 3.8) is 0 Å². The van der Waals surface area contributed by atoms with Gasteiger partial charge in [-0.3, -0.25) is 0 Å². The lowest BCUT2D eigenvalue weighted by atomic mass is 9.68. The van der Waals surface area contributed by atoms with Gasteiger partial charge in [-0.25, -0.2) is 0 Å². The predicted molar refractivity (Wildman–Crippen MR) is 80.8 cm³/mol. The lowest BCUT2D eigenvalue weighted by Gasteiger charge is -2.50. The van der Waals surface area contributed by atoms with Crippen LogP contribution >= 0.6 is 0 Å². The molecule has 1 unspecified atom stereocenters. The van der Waals surface area contributed by atoms with E-state index >= 15 is 0 Å². The van der Waals surface area contributed by atoms with Crippen molar-refractivity contribution in [2.24, 2.45) is 5.92 Å². The molecule has 0 aromatic rings. The van der Waals surface area contributed by atoms with Crippen LogP contribution in [-0.2, 0) is 4.74 Å². The Labute approximate surface area is 123 Å². The molecule has 1 saturated carbocycles. The van der Waals surface area contributed by atoms with Crippen molar-refractivity contribution in [3.8, 4) is 0 Å². The molecule has 1 N–H and O–H groups in total. The van der Waals surface area contributed by atoms with E-state index < -0.39 is 5.60 Å². The second-order valence-electron chi connectivity index (χ2n) is 7.32. The molecule has 1 spiro atoms. The van der Waals surface area contributed by atoms with Crippen molar-refractivity contribution in [2.45, 2.75) is 75.9 Å². The molecule has 3 rings (SSSR count). The number of likely N-dealkylation sites (tertiary alicyclic amines) is 1. The lowest BCUT2D eigenvalue weighted by Crippen LogP contribution is -2.53. The van der Waals surface area contributed by atoms with Gasteiger partial charge in [0, 0.05) is 19.7 Å². The molecule has 2 aliphatic heterocycles. The monoisotopic (exact) mass is 281 g/mol. The third-order valence-electron chi connectivity index (χ3n) is 6.19. The van der Waals surface area contributed by atoms with Crippen LogP contribution < -0.4 is 0 Å². The van der Waals surface area contributed by atoms with Gasteiger partial charge in [0.05, 0.1) is 11.2 Å². The van der Waals surface area contributed by atoms with Gasteiger partial charge in [-0.05, 0) is 51.0 Å². The number of hydrogen-bond acceptors (Lipinski definition) is 3. The molecule has 0 aromatic heterocycles. The van der Waals surface area contributed by atoms with Crippen molar-refractivity contribution < 1.29 is 9.84 Å². The summed E-state index contributed by atoms with van der Waals surface area (Å²) in [7, 11) is 0. The second kappa shape index (κ2) is 5.94. The molecular weight excluding hydrogens is 250 g/mol. The van der Waals surface area contributed by atoms with Crippen molar-refractivity contribution in [1.82, 2.24) is 4.90 Å². The molecule has 0 amide bonds. The summed E-state index contributed by atoms with van der Waals surface area (Å²) in [5.41, 5.74) is -0.293. The Morgan fingerprint density at radius 1 is 1.10 bits per heavy atom. The second-order valence-corrected chi connectivity index (χ2v) is 7.32. The maximum atomic E-state index is 11.1. The van der Waals surface area contributed by atoms with E-state index in [1.807, 2.05) is 0 Å². The fourth-order valence-electron chi connectivity index (χ4n) is 4.70. The molecule has 1 aliphatic carbocycles. The first-order chi connectivity index (χ1) is 9.66. The highest BCUT2D eigenvalue weighted by atomic mass is 16.5. The van der Waals surface area contributed by atoms with E-state index in [9.17, 15) is 5.11 Å². The minimum Gasteiger partial charge on any atom is -0.389 e. The number of nitrogens with zero attached hydrogens (tertiary/aromatic N) is 1. The normalized spacial score (nSPS) is 34.2. The van der Waals surface area contributed by atoms with E-state index in [-0.39, 0.29) is 5.60 Å². The average Bonchev–Trinajstić information content (AvgIpc) is 2.49. The third-order valence-corrected chi connectivity index (χ3v) is 6.19. The van der Waals surface area contributed by atoms with E-state index in [1.54, 1.807) is 0 Å². The van der Waals surface area contributed by atoms with Gasteiger partial charge in [0.1, 0.15) is 0 Å². The molecule has 20 heavy (non-hydrogen) atoms. The zero-order valence-corrected chi connectivity index (χ0v) is 13.1. The quantitative estimate of drug-likeness (QED) is 0.844. The van der Waals surface area contributed by atoms with Gasteiger partial charge in [0.25, 0.3) is 0 Å². The van der Waals surface area contributed by atoms with Crippen molar-refractivity contribution in [1.29, 1.82) is 0 Å². The maximum Gasteiger partial charge on any atom is 0.0702 e. The summed E-state index contributed by atoms with van der Waals surface area (Å²) in [5, 5.41) is 11.1. The molecule has 2 saturated heterocycles. The highest BCUT2D eigenvalue weighted by molar-refractivity contribution is 4.98. The van der Waals surface area contributed by atoms with Gasteiger partial charge >= 0.3 is 0 Å². The predicted octanol–water partition coefficient (Wildman–Crippen LogP) is 2.96. The Balaban J connectivity index is 1.64. The summed E-state index contributed by atoms with van der Waals surface area (Å²) >= 11 is 0. The number of ether oxygens (including phenoxy) is 1. The van der Waals surface area contributed by atoms with E-state index in [0.29, 0.717) is 5.92 Å². The fraction of sp³-hybridized carbons (Fsp3) is 1.00. The first kappa shape index (κ1) is 14.8. The van der Waals surface area contributed by atoms with Gasteiger partial charge in [-0.15, -0.1) is 0 Å². The van der Waals surface area contributed by atoms with Gasteiger partial charge in [-0.2, -0.15) is 0 Å². The third kappa shape index (κ3) is 2.90. The van der Waals surface area contributed by atoms with E-state index in [2.05, 4.69) is 11.8 Å². The molecule has 3 nitrogen and oxygen atoms in total. The molecule has 1 atom stereocenters. The number of hydrogen-bond donors (Lipinski definition) is 1. The minimum atomic E-state index is -0.417. The Morgan fingerprint density at radius 3 is 2.45 bits per heavy atom. The smallest absolute Gasteiger partial charge is 0.0702 e. The lowest BCUT2D eigenvalue weighted by molar-refractivity contribution is -0.166. The number of rotatable bonds is 2. The molecule has 2 heterocycles. The standard InChI is InChI=1S/C17H31NO2/c1-2-18-11-9-17(19,10-12-18)15-6-13-20-16(14-15)7-4-3-5-8-16/h15,19H,2-14H2,1H3. The molecule has 116 valence electrons. The summed E-state index contributed by atoms with van der Waals surface area (Å²) in [5.74, 6) is 0.466. The van der Waals surface area contributed by atoms with Crippen LogP contribution in [-0.4, -0.2) is 47.4 Å². The number of piperidine rings is 1. The van der Waals surface area contributed by atoms with Crippen LogP contribution in [0.3, 0.4) is 0 Å². The molecule has 0 bridgehead atoms. The van der Waals surface area contributed by atoms with Crippen LogP contribution in [0.1, 0.15) is 64.7 Å². The van der Waals surface area contributed by atoms with Gasteiger partial charge < -0.3 is 14.7 Å². The SMILES string of the molecule is CCN1CCC(O)(C2CCOC3(CCCCC3)C2)CC1. The first-order valence-electron chi connectivity index (χ1n) is 8.75. The first-order valence-corrected chi connectivity index (χ1v) is 8.75. The number of aliphatic hydroxyl groups is 1. The van der Waals surface area contributed by atoms with Crippen LogP contribution in [0.25, 0.3) is 0 Å². The molecular formula is C17H31NO2. The summed E-state index contributed by atoms with van der Waals surface area (Å²) in [4.78, 5) is 2.46. The Hall–Kier alpha value is -0.120. The molecule has 0 aromatic carbocycles. The van der Waals surface area contributed by atoms with Crippen molar-refractivity contribution >= 4 is 0 Å². The van der Waals surface area contributed by atoms with E-state index in [1.165, 1.54) is 32.1 Å². The minimum absolute atomic E-state index is 0.124. The average molecular weight is 281 g/mol. The largest absolute Gasteiger partial charge is 0.389 e. The van der Waals surface area contributed by atoms with Gasteiger partial charge in [0.15, 0.2) is 0 Å². The zero-order valence-electron chi connectivity index (χ0n) is 13.1. The van der Waals surface area contributed by atoms with E-state index in [4.69, 9.17) is 4.74 Å². The summed E-state index contributed by atoms with van der Waals surface area (Å²) < 4.78 is 6.19.